The second-order valence-corrected chi connectivity index (χ2v) is 6.14. The zero-order valence-corrected chi connectivity index (χ0v) is 14.7. The van der Waals surface area contributed by atoms with Crippen LogP contribution in [0.25, 0.3) is 11.7 Å². The van der Waals surface area contributed by atoms with Crippen LogP contribution >= 0.6 is 0 Å². The van der Waals surface area contributed by atoms with Crippen LogP contribution in [0.15, 0.2) is 40.0 Å². The van der Waals surface area contributed by atoms with Crippen LogP contribution < -0.4 is 5.32 Å². The number of urea groups is 1. The Bertz CT molecular complexity index is 837. The molecule has 0 bridgehead atoms. The van der Waals surface area contributed by atoms with Crippen molar-refractivity contribution in [3.8, 4) is 11.7 Å². The van der Waals surface area contributed by atoms with Gasteiger partial charge in [-0.25, -0.2) is 9.78 Å². The van der Waals surface area contributed by atoms with Crippen LogP contribution in [0.5, 0.6) is 0 Å². The lowest BCUT2D eigenvalue weighted by Gasteiger charge is -2.34. The minimum atomic E-state index is -0.129. The van der Waals surface area contributed by atoms with Crippen LogP contribution in [0, 0.1) is 0 Å². The lowest BCUT2D eigenvalue weighted by molar-refractivity contribution is 0.135. The lowest BCUT2D eigenvalue weighted by atomic mass is 10.3. The molecule has 1 saturated heterocycles. The van der Waals surface area contributed by atoms with Crippen LogP contribution in [0.1, 0.15) is 5.82 Å². The van der Waals surface area contributed by atoms with Crippen molar-refractivity contribution in [2.75, 3.05) is 32.7 Å². The van der Waals surface area contributed by atoms with E-state index >= 15 is 0 Å². The van der Waals surface area contributed by atoms with E-state index in [2.05, 4.69) is 30.4 Å². The number of nitrogens with one attached hydrogen (secondary N) is 1. The van der Waals surface area contributed by atoms with E-state index in [1.807, 2.05) is 0 Å². The maximum atomic E-state index is 12.3. The highest BCUT2D eigenvalue weighted by Crippen LogP contribution is 2.16. The zero-order valence-electron chi connectivity index (χ0n) is 14.7. The van der Waals surface area contributed by atoms with E-state index in [1.165, 1.54) is 12.6 Å². The molecule has 2 amide bonds. The summed E-state index contributed by atoms with van der Waals surface area (Å²) in [5, 5.41) is 10.8. The summed E-state index contributed by atoms with van der Waals surface area (Å²) in [6, 6.07) is 3.35. The number of amides is 2. The number of rotatable bonds is 6. The van der Waals surface area contributed by atoms with Gasteiger partial charge in [0.2, 0.25) is 0 Å². The minimum absolute atomic E-state index is 0.129. The van der Waals surface area contributed by atoms with E-state index in [9.17, 15) is 4.79 Å². The van der Waals surface area contributed by atoms with Crippen molar-refractivity contribution >= 4 is 6.03 Å². The molecular weight excluding hydrogens is 352 g/mol. The Balaban J connectivity index is 1.19. The molecule has 4 rings (SSSR count). The SMILES string of the molecule is O=C(NCc1noc(-c2ccco2)n1)N1CCN(CCn2cncn2)CC1. The average Bonchev–Trinajstić information content (AvgIpc) is 3.47. The molecule has 3 aromatic rings. The Morgan fingerprint density at radius 1 is 1.22 bits per heavy atom. The number of hydrogen-bond acceptors (Lipinski definition) is 8. The third kappa shape index (κ3) is 4.31. The van der Waals surface area contributed by atoms with Gasteiger partial charge < -0.3 is 19.2 Å². The molecule has 11 heteroatoms. The molecule has 0 unspecified atom stereocenters. The molecule has 0 aromatic carbocycles. The summed E-state index contributed by atoms with van der Waals surface area (Å²) in [4.78, 5) is 24.6. The quantitative estimate of drug-likeness (QED) is 0.662. The van der Waals surface area contributed by atoms with Crippen molar-refractivity contribution in [2.24, 2.45) is 0 Å². The predicted molar refractivity (Wildman–Crippen MR) is 92.3 cm³/mol. The molecule has 1 N–H and O–H groups in total. The molecule has 0 spiro atoms. The van der Waals surface area contributed by atoms with Crippen molar-refractivity contribution in [1.82, 2.24) is 40.0 Å². The van der Waals surface area contributed by atoms with Crippen molar-refractivity contribution in [3.63, 3.8) is 0 Å². The molecule has 142 valence electrons. The molecule has 4 heterocycles. The summed E-state index contributed by atoms with van der Waals surface area (Å²) in [7, 11) is 0. The van der Waals surface area contributed by atoms with E-state index in [1.54, 1.807) is 28.0 Å². The number of aromatic nitrogens is 5. The molecule has 0 aliphatic carbocycles. The second kappa shape index (κ2) is 7.99. The second-order valence-electron chi connectivity index (χ2n) is 6.14. The number of furan rings is 1. The van der Waals surface area contributed by atoms with Gasteiger partial charge in [0.15, 0.2) is 11.6 Å². The van der Waals surface area contributed by atoms with Gasteiger partial charge in [0, 0.05) is 32.7 Å². The topological polar surface area (TPSA) is 118 Å². The Hall–Kier alpha value is -3.21. The van der Waals surface area contributed by atoms with Crippen molar-refractivity contribution in [3.05, 3.63) is 36.9 Å². The fraction of sp³-hybridized carbons (Fsp3) is 0.438. The molecule has 1 aliphatic heterocycles. The molecule has 3 aromatic heterocycles. The first-order chi connectivity index (χ1) is 13.3. The Labute approximate surface area is 154 Å². The van der Waals surface area contributed by atoms with Crippen LogP contribution in [-0.4, -0.2) is 73.5 Å². The summed E-state index contributed by atoms with van der Waals surface area (Å²) in [6.45, 7) is 4.88. The maximum absolute atomic E-state index is 12.3. The highest BCUT2D eigenvalue weighted by Gasteiger charge is 2.21. The van der Waals surface area contributed by atoms with Crippen LogP contribution in [0.3, 0.4) is 0 Å². The Morgan fingerprint density at radius 2 is 2.11 bits per heavy atom. The third-order valence-corrected chi connectivity index (χ3v) is 4.37. The summed E-state index contributed by atoms with van der Waals surface area (Å²) < 4.78 is 12.1. The first kappa shape index (κ1) is 17.2. The minimum Gasteiger partial charge on any atom is -0.459 e. The summed E-state index contributed by atoms with van der Waals surface area (Å²) in [5.74, 6) is 1.20. The van der Waals surface area contributed by atoms with Crippen LogP contribution in [0.4, 0.5) is 4.79 Å². The number of carbonyl (C=O) groups excluding carboxylic acids is 1. The molecule has 0 atom stereocenters. The molecule has 27 heavy (non-hydrogen) atoms. The first-order valence-electron chi connectivity index (χ1n) is 8.72. The van der Waals surface area contributed by atoms with Crippen LogP contribution in [-0.2, 0) is 13.1 Å². The summed E-state index contributed by atoms with van der Waals surface area (Å²) in [6.07, 6.45) is 4.77. The highest BCUT2D eigenvalue weighted by atomic mass is 16.5. The van der Waals surface area contributed by atoms with Crippen molar-refractivity contribution < 1.29 is 13.7 Å². The van der Waals surface area contributed by atoms with Gasteiger partial charge in [-0.3, -0.25) is 9.58 Å². The maximum Gasteiger partial charge on any atom is 0.317 e. The average molecular weight is 372 g/mol. The van der Waals surface area contributed by atoms with Gasteiger partial charge in [0.1, 0.15) is 12.7 Å². The highest BCUT2D eigenvalue weighted by molar-refractivity contribution is 5.74. The van der Waals surface area contributed by atoms with Crippen LogP contribution in [0.2, 0.25) is 0 Å². The number of piperazine rings is 1. The van der Waals surface area contributed by atoms with E-state index in [-0.39, 0.29) is 12.6 Å². The third-order valence-electron chi connectivity index (χ3n) is 4.37. The van der Waals surface area contributed by atoms with E-state index in [0.29, 0.717) is 30.6 Å². The molecule has 0 radical (unpaired) electrons. The smallest absolute Gasteiger partial charge is 0.317 e. The van der Waals surface area contributed by atoms with Gasteiger partial charge in [-0.1, -0.05) is 5.16 Å². The molecule has 0 saturated carbocycles. The van der Waals surface area contributed by atoms with E-state index < -0.39 is 0 Å². The lowest BCUT2D eigenvalue weighted by Crippen LogP contribution is -2.52. The summed E-state index contributed by atoms with van der Waals surface area (Å²) >= 11 is 0. The van der Waals surface area contributed by atoms with Gasteiger partial charge in [-0.05, 0) is 12.1 Å². The number of carbonyl (C=O) groups is 1. The molecule has 1 aliphatic rings. The van der Waals surface area contributed by atoms with Gasteiger partial charge in [0.05, 0.1) is 19.4 Å². The van der Waals surface area contributed by atoms with Crippen molar-refractivity contribution in [1.29, 1.82) is 0 Å². The predicted octanol–water partition coefficient (Wildman–Crippen LogP) is 0.448. The van der Waals surface area contributed by atoms with Gasteiger partial charge >= 0.3 is 6.03 Å². The standard InChI is InChI=1S/C16H20N8O3/c25-16(18-10-14-20-15(27-21-14)13-2-1-9-26-13)23-6-3-22(4-7-23)5-8-24-12-17-11-19-24/h1-2,9,11-12H,3-8,10H2,(H,18,25). The van der Waals surface area contributed by atoms with E-state index in [4.69, 9.17) is 8.94 Å². The zero-order chi connectivity index (χ0) is 18.5. The van der Waals surface area contributed by atoms with Crippen molar-refractivity contribution in [2.45, 2.75) is 13.1 Å². The fourth-order valence-electron chi connectivity index (χ4n) is 2.86. The van der Waals surface area contributed by atoms with Gasteiger partial charge in [-0.2, -0.15) is 10.1 Å². The van der Waals surface area contributed by atoms with Gasteiger partial charge in [0.25, 0.3) is 5.89 Å². The van der Waals surface area contributed by atoms with E-state index in [0.717, 1.165) is 26.2 Å². The molecule has 11 nitrogen and oxygen atoms in total. The largest absolute Gasteiger partial charge is 0.459 e. The molecule has 1 fully saturated rings. The Kier molecular flexibility index (Phi) is 5.10. The van der Waals surface area contributed by atoms with Gasteiger partial charge in [-0.15, -0.1) is 0 Å². The Morgan fingerprint density at radius 3 is 2.85 bits per heavy atom. The monoisotopic (exact) mass is 372 g/mol. The normalized spacial score (nSPS) is 15.2. The summed E-state index contributed by atoms with van der Waals surface area (Å²) in [5.41, 5.74) is 0. The fourth-order valence-corrected chi connectivity index (χ4v) is 2.86. The number of hydrogen-bond donors (Lipinski definition) is 1. The number of nitrogens with zero attached hydrogens (tertiary/aromatic N) is 7. The first-order valence-corrected chi connectivity index (χ1v) is 8.72. The molecular formula is C16H20N8O3.